The number of rotatable bonds is 6. The van der Waals surface area contributed by atoms with E-state index in [1.165, 1.54) is 19.1 Å². The summed E-state index contributed by atoms with van der Waals surface area (Å²) in [6.07, 6.45) is -0.326. The van der Waals surface area contributed by atoms with Gasteiger partial charge in [0.2, 0.25) is 18.0 Å². The van der Waals surface area contributed by atoms with Gasteiger partial charge in [-0.2, -0.15) is 0 Å². The fraction of sp³-hybridized carbons (Fsp3) is 0.526. The molecule has 1 aromatic rings. The number of cyclic esters (lactones) is 1. The number of amides is 2. The number of methoxy groups -OCH3 is 2. The molecule has 2 atom stereocenters. The molecular formula is C19H24N2O6. The van der Waals surface area contributed by atoms with Crippen LogP contribution in [0.1, 0.15) is 48.8 Å². The van der Waals surface area contributed by atoms with Crippen LogP contribution in [-0.2, 0) is 14.3 Å². The van der Waals surface area contributed by atoms with Gasteiger partial charge in [-0.05, 0) is 24.5 Å². The molecule has 8 heteroatoms. The maximum absolute atomic E-state index is 12.6. The number of nitrogens with zero attached hydrogens (tertiary/aromatic N) is 1. The summed E-state index contributed by atoms with van der Waals surface area (Å²) in [5.41, 5.74) is 0.720. The summed E-state index contributed by atoms with van der Waals surface area (Å²) < 4.78 is 16.0. The van der Waals surface area contributed by atoms with Crippen LogP contribution in [0, 0.1) is 5.92 Å². The number of hydrogen-bond donors (Lipinski definition) is 1. The number of carbonyl (C=O) groups excluding carboxylic acids is 3. The van der Waals surface area contributed by atoms with Crippen molar-refractivity contribution < 1.29 is 28.6 Å². The first-order valence-electron chi connectivity index (χ1n) is 8.93. The lowest BCUT2D eigenvalue weighted by Gasteiger charge is -2.29. The molecule has 2 aliphatic heterocycles. The molecule has 0 unspecified atom stereocenters. The summed E-state index contributed by atoms with van der Waals surface area (Å²) >= 11 is 0. The molecule has 1 saturated heterocycles. The lowest BCUT2D eigenvalue weighted by molar-refractivity contribution is -0.145. The molecule has 1 aromatic carbocycles. The Kier molecular flexibility index (Phi) is 5.25. The van der Waals surface area contributed by atoms with Gasteiger partial charge in [0.1, 0.15) is 11.6 Å². The van der Waals surface area contributed by atoms with Crippen molar-refractivity contribution >= 4 is 17.8 Å². The van der Waals surface area contributed by atoms with Gasteiger partial charge in [0, 0.05) is 18.5 Å². The van der Waals surface area contributed by atoms with Gasteiger partial charge in [-0.15, -0.1) is 0 Å². The van der Waals surface area contributed by atoms with Crippen LogP contribution in [0.4, 0.5) is 0 Å². The second-order valence-corrected chi connectivity index (χ2v) is 7.02. The van der Waals surface area contributed by atoms with Crippen molar-refractivity contribution in [1.29, 1.82) is 0 Å². The van der Waals surface area contributed by atoms with Crippen LogP contribution >= 0.6 is 0 Å². The zero-order chi connectivity index (χ0) is 19.7. The highest BCUT2D eigenvalue weighted by molar-refractivity contribution is 5.99. The topological polar surface area (TPSA) is 94.2 Å². The van der Waals surface area contributed by atoms with Crippen LogP contribution in [0.2, 0.25) is 0 Å². The molecule has 0 aliphatic carbocycles. The zero-order valence-corrected chi connectivity index (χ0v) is 15.9. The first kappa shape index (κ1) is 19.0. The molecule has 2 amide bonds. The van der Waals surface area contributed by atoms with Gasteiger partial charge in [0.25, 0.3) is 0 Å². The molecule has 2 aliphatic rings. The number of ether oxygens (including phenoxy) is 3. The normalized spacial score (nSPS) is 21.3. The zero-order valence-electron chi connectivity index (χ0n) is 15.9. The Hall–Kier alpha value is -2.77. The third kappa shape index (κ3) is 3.31. The number of esters is 1. The number of likely N-dealkylation sites (tertiary alicyclic amines) is 1. The van der Waals surface area contributed by atoms with Crippen LogP contribution in [0.5, 0.6) is 11.5 Å². The summed E-state index contributed by atoms with van der Waals surface area (Å²) in [4.78, 5) is 38.9. The Balaban J connectivity index is 1.94. The second-order valence-electron chi connectivity index (χ2n) is 7.02. The predicted octanol–water partition coefficient (Wildman–Crippen LogP) is 1.64. The molecule has 8 nitrogen and oxygen atoms in total. The number of hydrogen-bond acceptors (Lipinski definition) is 6. The number of benzene rings is 1. The largest absolute Gasteiger partial charge is 0.493 e. The predicted molar refractivity (Wildman–Crippen MR) is 95.4 cm³/mol. The SMILES string of the molecule is COc1ccc2c(c1OC)C(=O)O[C@H]2N1C(=O)CC[C@@H]1C(=O)NCC(C)C. The third-order valence-electron chi connectivity index (χ3n) is 4.76. The van der Waals surface area contributed by atoms with Crippen LogP contribution in [0.3, 0.4) is 0 Å². The molecule has 2 heterocycles. The number of fused-ring (bicyclic) bond motifs is 1. The Labute approximate surface area is 157 Å². The van der Waals surface area contributed by atoms with Crippen molar-refractivity contribution in [2.75, 3.05) is 20.8 Å². The monoisotopic (exact) mass is 376 g/mol. The van der Waals surface area contributed by atoms with Crippen molar-refractivity contribution in [1.82, 2.24) is 10.2 Å². The third-order valence-corrected chi connectivity index (χ3v) is 4.76. The van der Waals surface area contributed by atoms with Crippen LogP contribution < -0.4 is 14.8 Å². The van der Waals surface area contributed by atoms with Crippen molar-refractivity contribution in [3.63, 3.8) is 0 Å². The maximum atomic E-state index is 12.6. The van der Waals surface area contributed by atoms with Crippen LogP contribution in [0.15, 0.2) is 12.1 Å². The smallest absolute Gasteiger partial charge is 0.344 e. The van der Waals surface area contributed by atoms with E-state index in [1.54, 1.807) is 12.1 Å². The van der Waals surface area contributed by atoms with Gasteiger partial charge >= 0.3 is 5.97 Å². The van der Waals surface area contributed by atoms with Gasteiger partial charge in [0.05, 0.1) is 14.2 Å². The Morgan fingerprint density at radius 3 is 2.67 bits per heavy atom. The molecule has 0 aromatic heterocycles. The quantitative estimate of drug-likeness (QED) is 0.759. The molecule has 1 fully saturated rings. The fourth-order valence-electron chi connectivity index (χ4n) is 3.47. The Bertz CT molecular complexity index is 776. The first-order chi connectivity index (χ1) is 12.9. The number of nitrogens with one attached hydrogen (secondary N) is 1. The molecule has 0 saturated carbocycles. The molecule has 1 N–H and O–H groups in total. The lowest BCUT2D eigenvalue weighted by atomic mass is 10.0. The standard InChI is InChI=1S/C19H24N2O6/c1-10(2)9-20-17(23)12-6-8-14(22)21(12)18-11-5-7-13(25-3)16(26-4)15(11)19(24)27-18/h5,7,10,12,18H,6,8-9H2,1-4H3,(H,20,23)/t12-,18-/m1/s1. The van der Waals surface area contributed by atoms with Crippen molar-refractivity contribution in [2.24, 2.45) is 5.92 Å². The second kappa shape index (κ2) is 7.46. The Morgan fingerprint density at radius 1 is 1.30 bits per heavy atom. The Morgan fingerprint density at radius 2 is 2.04 bits per heavy atom. The van der Waals surface area contributed by atoms with E-state index in [-0.39, 0.29) is 29.5 Å². The van der Waals surface area contributed by atoms with Crippen LogP contribution in [0.25, 0.3) is 0 Å². The van der Waals surface area contributed by atoms with Gasteiger partial charge in [-0.1, -0.05) is 13.8 Å². The minimum absolute atomic E-state index is 0.222. The average molecular weight is 376 g/mol. The van der Waals surface area contributed by atoms with E-state index >= 15 is 0 Å². The highest BCUT2D eigenvalue weighted by atomic mass is 16.6. The van der Waals surface area contributed by atoms with Gasteiger partial charge in [-0.3, -0.25) is 14.5 Å². The molecule has 27 heavy (non-hydrogen) atoms. The van der Waals surface area contributed by atoms with E-state index in [1.807, 2.05) is 13.8 Å². The maximum Gasteiger partial charge on any atom is 0.344 e. The molecule has 146 valence electrons. The summed E-state index contributed by atoms with van der Waals surface area (Å²) in [6.45, 7) is 4.50. The highest BCUT2D eigenvalue weighted by Gasteiger charge is 2.47. The van der Waals surface area contributed by atoms with E-state index in [9.17, 15) is 14.4 Å². The van der Waals surface area contributed by atoms with E-state index in [0.29, 0.717) is 30.2 Å². The summed E-state index contributed by atoms with van der Waals surface area (Å²) in [5, 5.41) is 2.86. The molecule has 3 rings (SSSR count). The van der Waals surface area contributed by atoms with E-state index in [0.717, 1.165) is 0 Å². The number of carbonyl (C=O) groups is 3. The minimum atomic E-state index is -0.947. The molecule has 0 radical (unpaired) electrons. The first-order valence-corrected chi connectivity index (χ1v) is 8.93. The van der Waals surface area contributed by atoms with Gasteiger partial charge in [0.15, 0.2) is 11.5 Å². The van der Waals surface area contributed by atoms with Crippen LogP contribution in [-0.4, -0.2) is 49.5 Å². The summed E-state index contributed by atoms with van der Waals surface area (Å²) in [6, 6.07) is 2.65. The average Bonchev–Trinajstić information content (AvgIpc) is 3.18. The van der Waals surface area contributed by atoms with Crippen molar-refractivity contribution in [3.05, 3.63) is 23.3 Å². The summed E-state index contributed by atoms with van der Waals surface area (Å²) in [5.74, 6) is -0.115. The molecule has 0 bridgehead atoms. The van der Waals surface area contributed by atoms with Gasteiger partial charge < -0.3 is 19.5 Å². The van der Waals surface area contributed by atoms with E-state index < -0.39 is 18.2 Å². The molecular weight excluding hydrogens is 352 g/mol. The molecule has 0 spiro atoms. The highest BCUT2D eigenvalue weighted by Crippen LogP contribution is 2.45. The van der Waals surface area contributed by atoms with E-state index in [4.69, 9.17) is 14.2 Å². The summed E-state index contributed by atoms with van der Waals surface area (Å²) in [7, 11) is 2.91. The lowest BCUT2D eigenvalue weighted by Crippen LogP contribution is -2.47. The van der Waals surface area contributed by atoms with E-state index in [2.05, 4.69) is 5.32 Å². The van der Waals surface area contributed by atoms with Gasteiger partial charge in [-0.25, -0.2) is 4.79 Å². The van der Waals surface area contributed by atoms with Crippen molar-refractivity contribution in [3.8, 4) is 11.5 Å². The van der Waals surface area contributed by atoms with Crippen molar-refractivity contribution in [2.45, 2.75) is 39.0 Å². The minimum Gasteiger partial charge on any atom is -0.493 e. The fourth-order valence-corrected chi connectivity index (χ4v) is 3.47.